The molecule has 3 nitrogen and oxygen atoms in total. The Hall–Kier alpha value is -1.55. The number of carbonyl (C=O) groups excluding carboxylic acids is 1. The van der Waals surface area contributed by atoms with Crippen LogP contribution in [-0.2, 0) is 17.8 Å². The summed E-state index contributed by atoms with van der Waals surface area (Å²) in [5.41, 5.74) is 8.16. The zero-order chi connectivity index (χ0) is 14.5. The van der Waals surface area contributed by atoms with E-state index in [-0.39, 0.29) is 12.3 Å². The average molecular weight is 309 g/mol. The number of nitrogens with one attached hydrogen (secondary N) is 1. The highest BCUT2D eigenvalue weighted by atomic mass is 35.5. The SMILES string of the molecule is NCc1ccccc1CC(=O)Nc1ccc(Cl)c(Cl)c1. The number of halogens is 2. The fourth-order valence-electron chi connectivity index (χ4n) is 1.88. The zero-order valence-electron chi connectivity index (χ0n) is 10.7. The molecule has 0 aromatic heterocycles. The van der Waals surface area contributed by atoms with E-state index in [0.29, 0.717) is 22.3 Å². The molecule has 2 rings (SSSR count). The van der Waals surface area contributed by atoms with Gasteiger partial charge in [0.15, 0.2) is 0 Å². The molecule has 2 aromatic carbocycles. The minimum absolute atomic E-state index is 0.121. The van der Waals surface area contributed by atoms with Gasteiger partial charge in [-0.05, 0) is 29.3 Å². The van der Waals surface area contributed by atoms with Crippen molar-refractivity contribution >= 4 is 34.8 Å². The third-order valence-corrected chi connectivity index (χ3v) is 3.63. The van der Waals surface area contributed by atoms with Crippen molar-refractivity contribution < 1.29 is 4.79 Å². The predicted molar refractivity (Wildman–Crippen MR) is 83.1 cm³/mol. The fourth-order valence-corrected chi connectivity index (χ4v) is 2.18. The van der Waals surface area contributed by atoms with Gasteiger partial charge in [-0.3, -0.25) is 4.79 Å². The van der Waals surface area contributed by atoms with Crippen LogP contribution in [0.15, 0.2) is 42.5 Å². The molecule has 0 unspecified atom stereocenters. The lowest BCUT2D eigenvalue weighted by Gasteiger charge is -2.09. The third-order valence-electron chi connectivity index (χ3n) is 2.89. The molecule has 0 aliphatic heterocycles. The van der Waals surface area contributed by atoms with Crippen molar-refractivity contribution in [3.63, 3.8) is 0 Å². The van der Waals surface area contributed by atoms with Crippen LogP contribution in [-0.4, -0.2) is 5.91 Å². The molecule has 0 saturated heterocycles. The highest BCUT2D eigenvalue weighted by molar-refractivity contribution is 6.42. The number of amides is 1. The van der Waals surface area contributed by atoms with Crippen molar-refractivity contribution in [2.75, 3.05) is 5.32 Å². The molecular formula is C15H14Cl2N2O. The number of rotatable bonds is 4. The fraction of sp³-hybridized carbons (Fsp3) is 0.133. The van der Waals surface area contributed by atoms with Crippen molar-refractivity contribution in [2.45, 2.75) is 13.0 Å². The van der Waals surface area contributed by atoms with Gasteiger partial charge in [0.2, 0.25) is 5.91 Å². The molecule has 1 amide bonds. The van der Waals surface area contributed by atoms with Crippen LogP contribution < -0.4 is 11.1 Å². The molecule has 0 aliphatic carbocycles. The lowest BCUT2D eigenvalue weighted by atomic mass is 10.0. The summed E-state index contributed by atoms with van der Waals surface area (Å²) in [6.45, 7) is 0.413. The molecule has 104 valence electrons. The number of anilines is 1. The molecule has 0 aliphatic rings. The molecule has 0 radical (unpaired) electrons. The van der Waals surface area contributed by atoms with E-state index in [9.17, 15) is 4.79 Å². The van der Waals surface area contributed by atoms with Gasteiger partial charge in [-0.2, -0.15) is 0 Å². The molecule has 2 aromatic rings. The Morgan fingerprint density at radius 1 is 1.05 bits per heavy atom. The van der Waals surface area contributed by atoms with Crippen LogP contribution in [0.1, 0.15) is 11.1 Å². The summed E-state index contributed by atoms with van der Waals surface area (Å²) in [6.07, 6.45) is 0.271. The maximum Gasteiger partial charge on any atom is 0.228 e. The summed E-state index contributed by atoms with van der Waals surface area (Å²) in [6, 6.07) is 12.6. The van der Waals surface area contributed by atoms with Crippen LogP contribution in [0.3, 0.4) is 0 Å². The van der Waals surface area contributed by atoms with E-state index >= 15 is 0 Å². The highest BCUT2D eigenvalue weighted by Gasteiger charge is 2.08. The zero-order valence-corrected chi connectivity index (χ0v) is 12.2. The summed E-state index contributed by atoms with van der Waals surface area (Å²) in [4.78, 5) is 12.0. The van der Waals surface area contributed by atoms with Crippen LogP contribution in [0.4, 0.5) is 5.69 Å². The second kappa shape index (κ2) is 6.75. The second-order valence-corrected chi connectivity index (χ2v) is 5.14. The van der Waals surface area contributed by atoms with Gasteiger partial charge in [-0.25, -0.2) is 0 Å². The molecule has 0 fully saturated rings. The van der Waals surface area contributed by atoms with Gasteiger partial charge in [-0.1, -0.05) is 47.5 Å². The van der Waals surface area contributed by atoms with Crippen molar-refractivity contribution in [3.8, 4) is 0 Å². The van der Waals surface area contributed by atoms with Crippen LogP contribution in [0.2, 0.25) is 10.0 Å². The number of nitrogens with two attached hydrogens (primary N) is 1. The van der Waals surface area contributed by atoms with Gasteiger partial charge < -0.3 is 11.1 Å². The Balaban J connectivity index is 2.07. The number of carbonyl (C=O) groups is 1. The molecule has 0 saturated carbocycles. The van der Waals surface area contributed by atoms with Crippen LogP contribution >= 0.6 is 23.2 Å². The Bertz CT molecular complexity index is 629. The normalized spacial score (nSPS) is 10.3. The first kappa shape index (κ1) is 14.9. The van der Waals surface area contributed by atoms with Gasteiger partial charge in [0, 0.05) is 12.2 Å². The summed E-state index contributed by atoms with van der Waals surface area (Å²) >= 11 is 11.7. The van der Waals surface area contributed by atoms with Gasteiger partial charge in [0.05, 0.1) is 16.5 Å². The van der Waals surface area contributed by atoms with Crippen LogP contribution in [0, 0.1) is 0 Å². The summed E-state index contributed by atoms with van der Waals surface area (Å²) < 4.78 is 0. The minimum atomic E-state index is -0.121. The van der Waals surface area contributed by atoms with Crippen molar-refractivity contribution in [1.29, 1.82) is 0 Å². The van der Waals surface area contributed by atoms with E-state index in [4.69, 9.17) is 28.9 Å². The number of hydrogen-bond acceptors (Lipinski definition) is 2. The first-order valence-electron chi connectivity index (χ1n) is 6.12. The Morgan fingerprint density at radius 2 is 1.75 bits per heavy atom. The standard InChI is InChI=1S/C15H14Cl2N2O/c16-13-6-5-12(8-14(13)17)19-15(20)7-10-3-1-2-4-11(10)9-18/h1-6,8H,7,9,18H2,(H,19,20). The maximum atomic E-state index is 12.0. The summed E-state index contributed by atoms with van der Waals surface area (Å²) in [7, 11) is 0. The van der Waals surface area contributed by atoms with Crippen molar-refractivity contribution in [1.82, 2.24) is 0 Å². The lowest BCUT2D eigenvalue weighted by Crippen LogP contribution is -2.16. The molecule has 0 spiro atoms. The van der Waals surface area contributed by atoms with E-state index in [1.807, 2.05) is 24.3 Å². The largest absolute Gasteiger partial charge is 0.326 e. The minimum Gasteiger partial charge on any atom is -0.326 e. The maximum absolute atomic E-state index is 12.0. The Labute approximate surface area is 127 Å². The molecule has 0 heterocycles. The van der Waals surface area contributed by atoms with Crippen LogP contribution in [0.25, 0.3) is 0 Å². The Morgan fingerprint density at radius 3 is 2.40 bits per heavy atom. The van der Waals surface area contributed by atoms with Crippen molar-refractivity contribution in [2.24, 2.45) is 5.73 Å². The van der Waals surface area contributed by atoms with Gasteiger partial charge in [0.25, 0.3) is 0 Å². The summed E-state index contributed by atoms with van der Waals surface area (Å²) in [5.74, 6) is -0.121. The molecule has 0 bridgehead atoms. The first-order chi connectivity index (χ1) is 9.60. The molecule has 5 heteroatoms. The van der Waals surface area contributed by atoms with E-state index in [1.165, 1.54) is 0 Å². The second-order valence-electron chi connectivity index (χ2n) is 4.33. The smallest absolute Gasteiger partial charge is 0.228 e. The van der Waals surface area contributed by atoms with E-state index in [0.717, 1.165) is 11.1 Å². The predicted octanol–water partition coefficient (Wildman–Crippen LogP) is 3.63. The molecule has 0 atom stereocenters. The molecule has 20 heavy (non-hydrogen) atoms. The molecular weight excluding hydrogens is 295 g/mol. The average Bonchev–Trinajstić information content (AvgIpc) is 2.43. The monoisotopic (exact) mass is 308 g/mol. The number of hydrogen-bond donors (Lipinski definition) is 2. The number of benzene rings is 2. The Kier molecular flexibility index (Phi) is 5.01. The highest BCUT2D eigenvalue weighted by Crippen LogP contribution is 2.25. The van der Waals surface area contributed by atoms with Gasteiger partial charge in [-0.15, -0.1) is 0 Å². The third kappa shape index (κ3) is 3.73. The van der Waals surface area contributed by atoms with E-state index < -0.39 is 0 Å². The molecule has 3 N–H and O–H groups in total. The quantitative estimate of drug-likeness (QED) is 0.906. The van der Waals surface area contributed by atoms with Crippen LogP contribution in [0.5, 0.6) is 0 Å². The first-order valence-corrected chi connectivity index (χ1v) is 6.87. The van der Waals surface area contributed by atoms with Crippen molar-refractivity contribution in [3.05, 3.63) is 63.6 Å². The topological polar surface area (TPSA) is 55.1 Å². The lowest BCUT2D eigenvalue weighted by molar-refractivity contribution is -0.115. The van der Waals surface area contributed by atoms with Gasteiger partial charge >= 0.3 is 0 Å². The van der Waals surface area contributed by atoms with Gasteiger partial charge in [0.1, 0.15) is 0 Å². The summed E-state index contributed by atoms with van der Waals surface area (Å²) in [5, 5.41) is 3.65. The van der Waals surface area contributed by atoms with E-state index in [2.05, 4.69) is 5.32 Å². The van der Waals surface area contributed by atoms with E-state index in [1.54, 1.807) is 18.2 Å².